The van der Waals surface area contributed by atoms with Gasteiger partial charge in [0.15, 0.2) is 11.5 Å². The highest BCUT2D eigenvalue weighted by Gasteiger charge is 2.31. The third-order valence-electron chi connectivity index (χ3n) is 9.29. The van der Waals surface area contributed by atoms with Gasteiger partial charge in [0.1, 0.15) is 11.0 Å². The molecule has 0 fully saturated rings. The zero-order valence-corrected chi connectivity index (χ0v) is 26.9. The minimum atomic E-state index is -0.181. The zero-order chi connectivity index (χ0) is 33.4. The highest BCUT2D eigenvalue weighted by molar-refractivity contribution is 6.12. The highest BCUT2D eigenvalue weighted by Crippen LogP contribution is 2.36. The topological polar surface area (TPSA) is 107 Å². The van der Waals surface area contributed by atoms with E-state index in [0.717, 1.165) is 41.4 Å². The van der Waals surface area contributed by atoms with Crippen molar-refractivity contribution in [1.82, 2.24) is 9.97 Å². The van der Waals surface area contributed by atoms with Gasteiger partial charge in [0.05, 0.1) is 11.1 Å². The number of rotatable bonds is 2. The number of carbonyl (C=O) groups excluding carboxylic acids is 2. The molecule has 0 aliphatic carbocycles. The maximum absolute atomic E-state index is 13.2. The Balaban J connectivity index is 0.000000152. The van der Waals surface area contributed by atoms with Crippen molar-refractivity contribution in [2.75, 3.05) is 16.3 Å². The molecule has 48 heavy (non-hydrogen) atoms. The molecule has 8 rings (SSSR count). The first-order valence-electron chi connectivity index (χ1n) is 16.3. The Morgan fingerprint density at radius 3 is 1.88 bits per heavy atom. The molecule has 2 unspecified atom stereocenters. The second-order valence-electron chi connectivity index (χ2n) is 12.6. The predicted octanol–water partition coefficient (Wildman–Crippen LogP) is 7.70. The number of aromatic hydroxyl groups is 2. The van der Waals surface area contributed by atoms with Crippen LogP contribution in [0.4, 0.5) is 11.4 Å². The van der Waals surface area contributed by atoms with Crippen LogP contribution in [0.25, 0.3) is 21.8 Å². The summed E-state index contributed by atoms with van der Waals surface area (Å²) in [5.74, 6) is -0.0782. The van der Waals surface area contributed by atoms with E-state index in [-0.39, 0.29) is 29.4 Å². The first kappa shape index (κ1) is 30.9. The van der Waals surface area contributed by atoms with Crippen LogP contribution in [0.15, 0.2) is 109 Å². The first-order valence-corrected chi connectivity index (χ1v) is 16.3. The van der Waals surface area contributed by atoms with Gasteiger partial charge in [-0.25, -0.2) is 0 Å². The van der Waals surface area contributed by atoms with Crippen LogP contribution in [0.1, 0.15) is 52.1 Å². The largest absolute Gasteiger partial charge is 0.505 e. The Bertz CT molecular complexity index is 2180. The number of aryl methyl sites for hydroxylation is 1. The second-order valence-corrected chi connectivity index (χ2v) is 12.6. The molecule has 0 saturated carbocycles. The molecule has 4 heterocycles. The summed E-state index contributed by atoms with van der Waals surface area (Å²) in [6.45, 7) is 4.83. The van der Waals surface area contributed by atoms with Gasteiger partial charge in [-0.2, -0.15) is 0 Å². The molecule has 240 valence electrons. The molecular formula is C40H36N4O4. The number of hydrogen-bond donors (Lipinski definition) is 2. The molecule has 2 aliphatic heterocycles. The second kappa shape index (κ2) is 12.8. The summed E-state index contributed by atoms with van der Waals surface area (Å²) in [6.07, 6.45) is 6.08. The number of amides is 2. The molecule has 2 aliphatic rings. The predicted molar refractivity (Wildman–Crippen MR) is 189 cm³/mol. The fraction of sp³-hybridized carbons (Fsp3) is 0.200. The summed E-state index contributed by atoms with van der Waals surface area (Å²) in [5, 5.41) is 22.8. The van der Waals surface area contributed by atoms with Crippen molar-refractivity contribution >= 4 is 45.0 Å². The average molecular weight is 637 g/mol. The number of para-hydroxylation sites is 2. The molecule has 0 bridgehead atoms. The van der Waals surface area contributed by atoms with Crippen molar-refractivity contribution in [3.63, 3.8) is 0 Å². The molecule has 0 spiro atoms. The Hall–Kier alpha value is -5.76. The normalized spacial score (nSPS) is 16.9. The van der Waals surface area contributed by atoms with Gasteiger partial charge >= 0.3 is 0 Å². The fourth-order valence-electron chi connectivity index (χ4n) is 6.87. The molecule has 2 N–H and O–H groups in total. The van der Waals surface area contributed by atoms with Crippen LogP contribution in [0.3, 0.4) is 0 Å². The van der Waals surface area contributed by atoms with Gasteiger partial charge in [-0.1, -0.05) is 67.6 Å². The van der Waals surface area contributed by atoms with Gasteiger partial charge in [0, 0.05) is 47.1 Å². The summed E-state index contributed by atoms with van der Waals surface area (Å²) in [5.41, 5.74) is 5.71. The summed E-state index contributed by atoms with van der Waals surface area (Å²) >= 11 is 0. The molecule has 8 heteroatoms. The molecule has 6 aromatic rings. The minimum absolute atomic E-state index is 0.0474. The SMILES string of the molecule is CC1CCc2ccccc2N1C(=O)c1ccc2cccnc2c1O.CC1Cc2ccccc2N(C(=O)c2ccc3cccnc3c2O)C1. The summed E-state index contributed by atoms with van der Waals surface area (Å²) < 4.78 is 0. The van der Waals surface area contributed by atoms with Crippen LogP contribution in [0, 0.1) is 5.92 Å². The van der Waals surface area contributed by atoms with Gasteiger partial charge < -0.3 is 20.0 Å². The molecule has 4 aromatic carbocycles. The number of hydrogen-bond acceptors (Lipinski definition) is 6. The van der Waals surface area contributed by atoms with Crippen LogP contribution in [-0.4, -0.2) is 44.6 Å². The summed E-state index contributed by atoms with van der Waals surface area (Å²) in [4.78, 5) is 38.3. The van der Waals surface area contributed by atoms with Crippen molar-refractivity contribution in [2.24, 2.45) is 5.92 Å². The lowest BCUT2D eigenvalue weighted by Gasteiger charge is -2.35. The number of phenolic OH excluding ortho intramolecular Hbond substituents is 2. The minimum Gasteiger partial charge on any atom is -0.505 e. The van der Waals surface area contributed by atoms with Gasteiger partial charge in [0.25, 0.3) is 11.8 Å². The van der Waals surface area contributed by atoms with Crippen LogP contribution in [-0.2, 0) is 12.8 Å². The first-order chi connectivity index (χ1) is 23.3. The summed E-state index contributed by atoms with van der Waals surface area (Å²) in [6, 6.07) is 30.4. The number of pyridine rings is 2. The number of carbonyl (C=O) groups is 2. The van der Waals surface area contributed by atoms with Crippen LogP contribution in [0.5, 0.6) is 11.5 Å². The zero-order valence-electron chi connectivity index (χ0n) is 26.9. The fourth-order valence-corrected chi connectivity index (χ4v) is 6.87. The van der Waals surface area contributed by atoms with Gasteiger partial charge in [-0.3, -0.25) is 19.6 Å². The van der Waals surface area contributed by atoms with Crippen LogP contribution in [0.2, 0.25) is 0 Å². The maximum Gasteiger partial charge on any atom is 0.262 e. The van der Waals surface area contributed by atoms with Crippen molar-refractivity contribution in [2.45, 2.75) is 39.2 Å². The van der Waals surface area contributed by atoms with Crippen LogP contribution < -0.4 is 9.80 Å². The van der Waals surface area contributed by atoms with E-state index in [1.807, 2.05) is 79.7 Å². The number of phenols is 2. The van der Waals surface area contributed by atoms with E-state index in [4.69, 9.17) is 0 Å². The van der Waals surface area contributed by atoms with Gasteiger partial charge in [-0.15, -0.1) is 0 Å². The lowest BCUT2D eigenvalue weighted by atomic mass is 9.93. The van der Waals surface area contributed by atoms with E-state index in [1.54, 1.807) is 34.3 Å². The third kappa shape index (κ3) is 5.59. The Morgan fingerprint density at radius 1 is 0.667 bits per heavy atom. The van der Waals surface area contributed by atoms with E-state index in [1.165, 1.54) is 11.1 Å². The van der Waals surface area contributed by atoms with E-state index in [2.05, 4.69) is 29.0 Å². The number of aromatic nitrogens is 2. The van der Waals surface area contributed by atoms with Crippen molar-refractivity contribution in [3.05, 3.63) is 132 Å². The van der Waals surface area contributed by atoms with E-state index in [9.17, 15) is 19.8 Å². The average Bonchev–Trinajstić information content (AvgIpc) is 3.11. The number of anilines is 2. The Morgan fingerprint density at radius 2 is 1.23 bits per heavy atom. The van der Waals surface area contributed by atoms with E-state index < -0.39 is 0 Å². The molecule has 2 amide bonds. The van der Waals surface area contributed by atoms with Crippen molar-refractivity contribution in [3.8, 4) is 11.5 Å². The highest BCUT2D eigenvalue weighted by atomic mass is 16.3. The smallest absolute Gasteiger partial charge is 0.262 e. The van der Waals surface area contributed by atoms with E-state index in [0.29, 0.717) is 34.6 Å². The van der Waals surface area contributed by atoms with Gasteiger partial charge in [0.2, 0.25) is 0 Å². The number of fused-ring (bicyclic) bond motifs is 4. The monoisotopic (exact) mass is 636 g/mol. The van der Waals surface area contributed by atoms with Crippen molar-refractivity contribution in [1.29, 1.82) is 0 Å². The van der Waals surface area contributed by atoms with E-state index >= 15 is 0 Å². The molecule has 8 nitrogen and oxygen atoms in total. The lowest BCUT2D eigenvalue weighted by molar-refractivity contribution is 0.0967. The molecular weight excluding hydrogens is 600 g/mol. The van der Waals surface area contributed by atoms with Crippen LogP contribution >= 0.6 is 0 Å². The third-order valence-corrected chi connectivity index (χ3v) is 9.29. The van der Waals surface area contributed by atoms with Crippen molar-refractivity contribution < 1.29 is 19.8 Å². The number of benzene rings is 4. The summed E-state index contributed by atoms with van der Waals surface area (Å²) in [7, 11) is 0. The quantitative estimate of drug-likeness (QED) is 0.202. The number of nitrogens with zero attached hydrogens (tertiary/aromatic N) is 4. The van der Waals surface area contributed by atoms with Gasteiger partial charge in [-0.05, 0) is 79.6 Å². The molecule has 0 saturated heterocycles. The Kier molecular flexibility index (Phi) is 8.23. The Labute approximate surface area is 278 Å². The lowest BCUT2D eigenvalue weighted by Crippen LogP contribution is -2.42. The molecule has 2 atom stereocenters. The standard InChI is InChI=1S/2C20H18N2O2/c1-13-8-9-14-5-2-3-7-17(14)22(13)20(24)16-11-10-15-6-4-12-21-18(15)19(16)23;1-13-11-15-5-2-3-7-17(15)22(12-13)20(24)16-9-8-14-6-4-10-21-18(14)19(16)23/h2-7,10-13,23H,8-9H2,1H3;2-10,13,23H,11-12H2,1H3. The maximum atomic E-state index is 13.2. The molecule has 2 aromatic heterocycles. The molecule has 0 radical (unpaired) electrons.